The average molecular weight is 245 g/mol. The first-order chi connectivity index (χ1) is 8.54. The Morgan fingerprint density at radius 3 is 2.50 bits per heavy atom. The molecule has 0 amide bonds. The minimum Gasteiger partial charge on any atom is -0.389 e. The first-order valence-electron chi connectivity index (χ1n) is 6.24. The van der Waals surface area contributed by atoms with Gasteiger partial charge in [0.1, 0.15) is 0 Å². The molecular weight excluding hydrogens is 226 g/mol. The Morgan fingerprint density at radius 1 is 1.33 bits per heavy atom. The zero-order valence-corrected chi connectivity index (χ0v) is 11.3. The summed E-state index contributed by atoms with van der Waals surface area (Å²) >= 11 is 0. The molecule has 0 saturated carbocycles. The summed E-state index contributed by atoms with van der Waals surface area (Å²) in [6, 6.07) is 3.77. The highest BCUT2D eigenvalue weighted by molar-refractivity contribution is 5.33. The molecule has 0 unspecified atom stereocenters. The second-order valence-electron chi connectivity index (χ2n) is 4.54. The van der Waals surface area contributed by atoms with Crippen molar-refractivity contribution in [1.29, 1.82) is 0 Å². The lowest BCUT2D eigenvalue weighted by Gasteiger charge is -2.07. The van der Waals surface area contributed by atoms with Crippen LogP contribution in [-0.2, 0) is 6.42 Å². The molecule has 96 valence electrons. The third-order valence-electron chi connectivity index (χ3n) is 3.26. The maximum atomic E-state index is 9.46. The molecular formula is C14H19N3O. The van der Waals surface area contributed by atoms with Crippen LogP contribution in [0.25, 0.3) is 5.82 Å². The van der Waals surface area contributed by atoms with E-state index in [0.29, 0.717) is 0 Å². The van der Waals surface area contributed by atoms with Crippen molar-refractivity contribution < 1.29 is 5.11 Å². The first-order valence-corrected chi connectivity index (χ1v) is 6.24. The van der Waals surface area contributed by atoms with Gasteiger partial charge in [0.15, 0.2) is 5.82 Å². The predicted octanol–water partition coefficient (Wildman–Crippen LogP) is 2.50. The van der Waals surface area contributed by atoms with Crippen LogP contribution in [0.1, 0.15) is 42.5 Å². The molecule has 0 fully saturated rings. The molecule has 4 nitrogen and oxygen atoms in total. The highest BCUT2D eigenvalue weighted by Gasteiger charge is 2.12. The van der Waals surface area contributed by atoms with Gasteiger partial charge in [-0.2, -0.15) is 5.10 Å². The van der Waals surface area contributed by atoms with Crippen LogP contribution in [-0.4, -0.2) is 19.9 Å². The van der Waals surface area contributed by atoms with Gasteiger partial charge < -0.3 is 5.11 Å². The summed E-state index contributed by atoms with van der Waals surface area (Å²) in [5, 5.41) is 14.0. The molecule has 0 aromatic carbocycles. The van der Waals surface area contributed by atoms with Gasteiger partial charge in [0.25, 0.3) is 0 Å². The van der Waals surface area contributed by atoms with Crippen molar-refractivity contribution in [2.75, 3.05) is 0 Å². The van der Waals surface area contributed by atoms with E-state index in [9.17, 15) is 5.11 Å². The Bertz CT molecular complexity index is 541. The van der Waals surface area contributed by atoms with E-state index in [-0.39, 0.29) is 0 Å². The van der Waals surface area contributed by atoms with Crippen molar-refractivity contribution >= 4 is 0 Å². The Hall–Kier alpha value is -1.68. The number of pyridine rings is 1. The van der Waals surface area contributed by atoms with E-state index in [1.54, 1.807) is 13.1 Å². The molecule has 0 radical (unpaired) electrons. The molecule has 0 aliphatic rings. The van der Waals surface area contributed by atoms with E-state index < -0.39 is 6.10 Å². The van der Waals surface area contributed by atoms with Crippen LogP contribution in [0.3, 0.4) is 0 Å². The smallest absolute Gasteiger partial charge is 0.153 e. The van der Waals surface area contributed by atoms with Gasteiger partial charge in [-0.15, -0.1) is 0 Å². The van der Waals surface area contributed by atoms with Crippen LogP contribution in [0.4, 0.5) is 0 Å². The Morgan fingerprint density at radius 2 is 2.06 bits per heavy atom. The lowest BCUT2D eigenvalue weighted by atomic mass is 10.1. The van der Waals surface area contributed by atoms with Crippen LogP contribution in [0.5, 0.6) is 0 Å². The highest BCUT2D eigenvalue weighted by Crippen LogP contribution is 2.18. The molecule has 2 rings (SSSR count). The van der Waals surface area contributed by atoms with Crippen molar-refractivity contribution in [2.24, 2.45) is 0 Å². The molecule has 1 atom stereocenters. The summed E-state index contributed by atoms with van der Waals surface area (Å²) in [5.74, 6) is 0.791. The Labute approximate surface area is 107 Å². The normalized spacial score (nSPS) is 12.7. The summed E-state index contributed by atoms with van der Waals surface area (Å²) in [4.78, 5) is 4.36. The zero-order chi connectivity index (χ0) is 13.3. The van der Waals surface area contributed by atoms with Crippen molar-refractivity contribution in [3.8, 4) is 5.82 Å². The van der Waals surface area contributed by atoms with E-state index in [2.05, 4.69) is 23.9 Å². The van der Waals surface area contributed by atoms with E-state index in [4.69, 9.17) is 0 Å². The standard InChI is InChI=1S/C14H19N3O/c1-5-13-9(2)16-17(10(13)3)14-7-6-12(8-15-14)11(4)18/h6-8,11,18H,5H2,1-4H3/t11-/m1/s1. The van der Waals surface area contributed by atoms with Gasteiger partial charge in [-0.1, -0.05) is 13.0 Å². The maximum absolute atomic E-state index is 9.46. The number of hydrogen-bond acceptors (Lipinski definition) is 3. The molecule has 2 heterocycles. The number of aliphatic hydroxyl groups is 1. The monoisotopic (exact) mass is 245 g/mol. The second-order valence-corrected chi connectivity index (χ2v) is 4.54. The molecule has 0 saturated heterocycles. The summed E-state index contributed by atoms with van der Waals surface area (Å²) in [6.45, 7) is 7.94. The molecule has 1 N–H and O–H groups in total. The fourth-order valence-electron chi connectivity index (χ4n) is 2.18. The number of aliphatic hydroxyl groups excluding tert-OH is 1. The van der Waals surface area contributed by atoms with Gasteiger partial charge >= 0.3 is 0 Å². The van der Waals surface area contributed by atoms with E-state index >= 15 is 0 Å². The van der Waals surface area contributed by atoms with E-state index in [1.165, 1.54) is 5.56 Å². The number of nitrogens with zero attached hydrogens (tertiary/aromatic N) is 3. The molecule has 2 aromatic rings. The molecule has 0 aliphatic heterocycles. The van der Waals surface area contributed by atoms with Gasteiger partial charge in [0, 0.05) is 11.9 Å². The molecule has 18 heavy (non-hydrogen) atoms. The lowest BCUT2D eigenvalue weighted by Crippen LogP contribution is -2.03. The molecule has 4 heteroatoms. The zero-order valence-electron chi connectivity index (χ0n) is 11.3. The highest BCUT2D eigenvalue weighted by atomic mass is 16.3. The molecule has 0 aliphatic carbocycles. The van der Waals surface area contributed by atoms with Gasteiger partial charge in [0.2, 0.25) is 0 Å². The van der Waals surface area contributed by atoms with E-state index in [1.807, 2.05) is 23.7 Å². The summed E-state index contributed by atoms with van der Waals surface area (Å²) in [5.41, 5.74) is 4.27. The molecule has 0 spiro atoms. The quantitative estimate of drug-likeness (QED) is 0.904. The van der Waals surface area contributed by atoms with Crippen LogP contribution < -0.4 is 0 Å². The van der Waals surface area contributed by atoms with Crippen molar-refractivity contribution in [1.82, 2.24) is 14.8 Å². The van der Waals surface area contributed by atoms with Crippen molar-refractivity contribution in [3.05, 3.63) is 40.8 Å². The number of aryl methyl sites for hydroxylation is 1. The molecule has 2 aromatic heterocycles. The predicted molar refractivity (Wildman–Crippen MR) is 70.8 cm³/mol. The minimum atomic E-state index is -0.488. The fourth-order valence-corrected chi connectivity index (χ4v) is 2.18. The SMILES string of the molecule is CCc1c(C)nn(-c2ccc([C@@H](C)O)cn2)c1C. The maximum Gasteiger partial charge on any atom is 0.153 e. The third-order valence-corrected chi connectivity index (χ3v) is 3.26. The summed E-state index contributed by atoms with van der Waals surface area (Å²) in [7, 11) is 0. The lowest BCUT2D eigenvalue weighted by molar-refractivity contribution is 0.199. The van der Waals surface area contributed by atoms with Crippen LogP contribution >= 0.6 is 0 Å². The molecule has 0 bridgehead atoms. The summed E-state index contributed by atoms with van der Waals surface area (Å²) < 4.78 is 1.86. The number of hydrogen-bond donors (Lipinski definition) is 1. The van der Waals surface area contributed by atoms with Crippen LogP contribution in [0.2, 0.25) is 0 Å². The van der Waals surface area contributed by atoms with Gasteiger partial charge in [-0.05, 0) is 44.4 Å². The Balaban J connectivity index is 2.43. The van der Waals surface area contributed by atoms with Gasteiger partial charge in [0.05, 0.1) is 11.8 Å². The van der Waals surface area contributed by atoms with Gasteiger partial charge in [-0.25, -0.2) is 9.67 Å². The minimum absolute atomic E-state index is 0.488. The average Bonchev–Trinajstić information content (AvgIpc) is 2.64. The largest absolute Gasteiger partial charge is 0.389 e. The second kappa shape index (κ2) is 4.90. The van der Waals surface area contributed by atoms with Crippen molar-refractivity contribution in [3.63, 3.8) is 0 Å². The van der Waals surface area contributed by atoms with Crippen LogP contribution in [0, 0.1) is 13.8 Å². The third kappa shape index (κ3) is 2.16. The topological polar surface area (TPSA) is 50.9 Å². The van der Waals surface area contributed by atoms with Crippen molar-refractivity contribution in [2.45, 2.75) is 40.2 Å². The fraction of sp³-hybridized carbons (Fsp3) is 0.429. The number of aromatic nitrogens is 3. The van der Waals surface area contributed by atoms with Gasteiger partial charge in [-0.3, -0.25) is 0 Å². The number of rotatable bonds is 3. The Kier molecular flexibility index (Phi) is 3.48. The first kappa shape index (κ1) is 12.8. The van der Waals surface area contributed by atoms with E-state index in [0.717, 1.165) is 29.2 Å². The van der Waals surface area contributed by atoms with Crippen LogP contribution in [0.15, 0.2) is 18.3 Å². The summed E-state index contributed by atoms with van der Waals surface area (Å²) in [6.07, 6.45) is 2.18.